The van der Waals surface area contributed by atoms with Crippen LogP contribution in [0.25, 0.3) is 20.2 Å². The molecule has 0 aliphatic heterocycles. The number of nitrogens with one attached hydrogen (secondary N) is 2. The van der Waals surface area contributed by atoms with Crippen LogP contribution in [0.15, 0.2) is 223 Å². The van der Waals surface area contributed by atoms with Gasteiger partial charge in [-0.25, -0.2) is 0 Å². The molecule has 0 spiro atoms. The molecule has 264 valence electrons. The van der Waals surface area contributed by atoms with Crippen molar-refractivity contribution < 1.29 is 0 Å². The van der Waals surface area contributed by atoms with E-state index in [1.54, 1.807) is 11.3 Å². The predicted molar refractivity (Wildman–Crippen MR) is 231 cm³/mol. The number of hydrogen-bond acceptors (Lipinski definition) is 4. The summed E-state index contributed by atoms with van der Waals surface area (Å²) in [6.45, 7) is 0. The SMILES string of the molecule is O=c1c2ccc(NC(c3ccccc3)(c3ccccc3)c3ccccc3)cc2sc2cc(NC(c3ccccc3)(c3ccccc3)c3ccccc3)ccc12. The second-order valence-corrected chi connectivity index (χ2v) is 14.9. The van der Waals surface area contributed by atoms with Crippen molar-refractivity contribution in [3.63, 3.8) is 0 Å². The van der Waals surface area contributed by atoms with E-state index in [4.69, 9.17) is 0 Å². The summed E-state index contributed by atoms with van der Waals surface area (Å²) in [5, 5.41) is 9.40. The molecule has 9 rings (SSSR count). The molecule has 0 unspecified atom stereocenters. The van der Waals surface area contributed by atoms with E-state index >= 15 is 0 Å². The Morgan fingerprint density at radius 1 is 0.327 bits per heavy atom. The average molecular weight is 727 g/mol. The van der Waals surface area contributed by atoms with Gasteiger partial charge in [-0.05, 0) is 69.8 Å². The van der Waals surface area contributed by atoms with Crippen molar-refractivity contribution in [3.8, 4) is 0 Å². The van der Waals surface area contributed by atoms with Crippen molar-refractivity contribution in [3.05, 3.63) is 262 Å². The van der Waals surface area contributed by atoms with Crippen LogP contribution in [0, 0.1) is 0 Å². The van der Waals surface area contributed by atoms with Crippen LogP contribution < -0.4 is 16.1 Å². The maximum atomic E-state index is 14.2. The Balaban J connectivity index is 1.19. The molecule has 0 aliphatic rings. The van der Waals surface area contributed by atoms with Crippen LogP contribution in [0.2, 0.25) is 0 Å². The number of hydrogen-bond donors (Lipinski definition) is 2. The van der Waals surface area contributed by atoms with Gasteiger partial charge in [0.15, 0.2) is 5.43 Å². The highest BCUT2D eigenvalue weighted by atomic mass is 32.1. The molecular weight excluding hydrogens is 689 g/mol. The molecule has 0 radical (unpaired) electrons. The fourth-order valence-electron chi connectivity index (χ4n) is 8.00. The lowest BCUT2D eigenvalue weighted by molar-refractivity contribution is 0.712. The third-order valence-corrected chi connectivity index (χ3v) is 11.7. The second kappa shape index (κ2) is 14.6. The first-order valence-corrected chi connectivity index (χ1v) is 19.4. The van der Waals surface area contributed by atoms with Gasteiger partial charge in [-0.15, -0.1) is 11.3 Å². The number of rotatable bonds is 10. The first-order valence-electron chi connectivity index (χ1n) is 18.6. The fourth-order valence-corrected chi connectivity index (χ4v) is 9.15. The molecule has 0 saturated carbocycles. The minimum absolute atomic E-state index is 0.0303. The van der Waals surface area contributed by atoms with Crippen LogP contribution in [0.4, 0.5) is 11.4 Å². The van der Waals surface area contributed by atoms with Gasteiger partial charge in [0.25, 0.3) is 0 Å². The summed E-state index contributed by atoms with van der Waals surface area (Å²) in [7, 11) is 0. The smallest absolute Gasteiger partial charge is 0.195 e. The second-order valence-electron chi connectivity index (χ2n) is 13.8. The minimum Gasteiger partial charge on any atom is -0.368 e. The first-order chi connectivity index (χ1) is 27.1. The number of anilines is 2. The average Bonchev–Trinajstić information content (AvgIpc) is 3.26. The lowest BCUT2D eigenvalue weighted by Crippen LogP contribution is -2.38. The van der Waals surface area contributed by atoms with E-state index in [0.29, 0.717) is 10.8 Å². The lowest BCUT2D eigenvalue weighted by Gasteiger charge is -2.38. The number of benzene rings is 8. The van der Waals surface area contributed by atoms with Gasteiger partial charge in [0, 0.05) is 31.5 Å². The highest BCUT2D eigenvalue weighted by molar-refractivity contribution is 7.24. The summed E-state index contributed by atoms with van der Waals surface area (Å²) < 4.78 is 1.84. The van der Waals surface area contributed by atoms with Gasteiger partial charge < -0.3 is 10.6 Å². The Labute approximate surface area is 325 Å². The van der Waals surface area contributed by atoms with Gasteiger partial charge in [0.1, 0.15) is 11.1 Å². The van der Waals surface area contributed by atoms with E-state index in [2.05, 4.69) is 205 Å². The Morgan fingerprint density at radius 3 is 0.836 bits per heavy atom. The quantitative estimate of drug-likeness (QED) is 0.109. The Bertz CT molecular complexity index is 2370. The van der Waals surface area contributed by atoms with Crippen LogP contribution >= 0.6 is 11.3 Å². The molecule has 0 atom stereocenters. The Hall–Kier alpha value is -6.75. The highest BCUT2D eigenvalue weighted by Crippen LogP contribution is 2.43. The molecule has 0 saturated heterocycles. The van der Waals surface area contributed by atoms with Gasteiger partial charge in [-0.2, -0.15) is 0 Å². The molecule has 4 heteroatoms. The predicted octanol–water partition coefficient (Wildman–Crippen LogP) is 12.2. The summed E-state index contributed by atoms with van der Waals surface area (Å²) in [5.41, 5.74) is 7.21. The van der Waals surface area contributed by atoms with E-state index in [0.717, 1.165) is 54.2 Å². The molecule has 8 aromatic carbocycles. The molecule has 0 fully saturated rings. The summed E-state index contributed by atoms with van der Waals surface area (Å²) in [6.07, 6.45) is 0. The minimum atomic E-state index is -0.688. The number of fused-ring (bicyclic) bond motifs is 2. The zero-order valence-corrected chi connectivity index (χ0v) is 30.9. The Morgan fingerprint density at radius 2 is 0.582 bits per heavy atom. The molecule has 1 aromatic heterocycles. The third kappa shape index (κ3) is 6.17. The van der Waals surface area contributed by atoms with Gasteiger partial charge in [-0.1, -0.05) is 182 Å². The normalized spacial score (nSPS) is 11.7. The van der Waals surface area contributed by atoms with E-state index in [1.165, 1.54) is 0 Å². The maximum absolute atomic E-state index is 14.2. The molecule has 1 heterocycles. The van der Waals surface area contributed by atoms with Gasteiger partial charge in [0.2, 0.25) is 0 Å². The zero-order valence-electron chi connectivity index (χ0n) is 30.1. The van der Waals surface area contributed by atoms with Crippen LogP contribution in [0.3, 0.4) is 0 Å². The fraction of sp³-hybridized carbons (Fsp3) is 0.0392. The van der Waals surface area contributed by atoms with E-state index in [1.807, 2.05) is 24.3 Å². The molecule has 0 bridgehead atoms. The standard InChI is InChI=1S/C51H38N2OS/c54-49-45-33-31-43(52-50(37-19-7-1-8-20-37,38-21-9-2-10-22-38)39-23-11-3-12-24-39)35-47(45)55-48-36-44(32-34-46(48)49)53-51(40-25-13-4-14-26-40,41-27-15-5-16-28-41)42-29-17-6-18-30-42/h1-36,52-53H. The molecule has 9 aromatic rings. The summed E-state index contributed by atoms with van der Waals surface area (Å²) in [5.74, 6) is 0. The first kappa shape index (κ1) is 34.0. The maximum Gasteiger partial charge on any atom is 0.195 e. The molecule has 2 N–H and O–H groups in total. The van der Waals surface area contributed by atoms with E-state index in [-0.39, 0.29) is 5.43 Å². The summed E-state index contributed by atoms with van der Waals surface area (Å²) >= 11 is 1.64. The van der Waals surface area contributed by atoms with Crippen molar-refractivity contribution in [1.82, 2.24) is 0 Å². The monoisotopic (exact) mass is 726 g/mol. The van der Waals surface area contributed by atoms with Gasteiger partial charge in [-0.3, -0.25) is 4.79 Å². The van der Waals surface area contributed by atoms with Crippen molar-refractivity contribution in [2.75, 3.05) is 10.6 Å². The van der Waals surface area contributed by atoms with E-state index < -0.39 is 11.1 Å². The zero-order chi connectivity index (χ0) is 37.1. The van der Waals surface area contributed by atoms with Gasteiger partial charge >= 0.3 is 0 Å². The summed E-state index contributed by atoms with van der Waals surface area (Å²) in [6, 6.07) is 75.7. The molecule has 55 heavy (non-hydrogen) atoms. The summed E-state index contributed by atoms with van der Waals surface area (Å²) in [4.78, 5) is 14.2. The van der Waals surface area contributed by atoms with Crippen LogP contribution in [-0.4, -0.2) is 0 Å². The van der Waals surface area contributed by atoms with Crippen molar-refractivity contribution >= 4 is 42.9 Å². The molecule has 0 amide bonds. The van der Waals surface area contributed by atoms with Crippen LogP contribution in [-0.2, 0) is 11.1 Å². The molecule has 0 aliphatic carbocycles. The molecule has 3 nitrogen and oxygen atoms in total. The van der Waals surface area contributed by atoms with Gasteiger partial charge in [0.05, 0.1) is 0 Å². The lowest BCUT2D eigenvalue weighted by atomic mass is 9.76. The molecular formula is C51H38N2OS. The van der Waals surface area contributed by atoms with Crippen molar-refractivity contribution in [2.45, 2.75) is 11.1 Å². The van der Waals surface area contributed by atoms with E-state index in [9.17, 15) is 4.79 Å². The van der Waals surface area contributed by atoms with Crippen molar-refractivity contribution in [1.29, 1.82) is 0 Å². The third-order valence-electron chi connectivity index (χ3n) is 10.6. The van der Waals surface area contributed by atoms with Crippen molar-refractivity contribution in [2.24, 2.45) is 0 Å². The van der Waals surface area contributed by atoms with Crippen LogP contribution in [0.5, 0.6) is 0 Å². The Kier molecular flexibility index (Phi) is 9.03. The topological polar surface area (TPSA) is 41.1 Å². The highest BCUT2D eigenvalue weighted by Gasteiger charge is 2.37. The largest absolute Gasteiger partial charge is 0.368 e. The van der Waals surface area contributed by atoms with Crippen LogP contribution in [0.1, 0.15) is 33.4 Å².